The molecule has 2 atom stereocenters. The molecule has 1 aromatic heterocycles. The van der Waals surface area contributed by atoms with Crippen molar-refractivity contribution in [3.63, 3.8) is 0 Å². The maximum absolute atomic E-state index is 10.7. The minimum absolute atomic E-state index is 0.0223. The summed E-state index contributed by atoms with van der Waals surface area (Å²) < 4.78 is 0. The van der Waals surface area contributed by atoms with Crippen LogP contribution in [0.2, 0.25) is 0 Å². The van der Waals surface area contributed by atoms with Crippen molar-refractivity contribution in [3.05, 3.63) is 17.8 Å². The fourth-order valence-corrected chi connectivity index (χ4v) is 2.68. The molecule has 2 aliphatic carbocycles. The summed E-state index contributed by atoms with van der Waals surface area (Å²) in [5, 5.41) is 20.3. The zero-order valence-corrected chi connectivity index (χ0v) is 10.2. The van der Waals surface area contributed by atoms with Crippen LogP contribution in [0.25, 0.3) is 0 Å². The van der Waals surface area contributed by atoms with E-state index in [0.29, 0.717) is 18.2 Å². The molecule has 0 bridgehead atoms. The molecule has 96 valence electrons. The molecule has 2 aliphatic rings. The number of hydrogen-bond acceptors (Lipinski definition) is 4. The molecule has 0 spiro atoms. The predicted octanol–water partition coefficient (Wildman–Crippen LogP) is 2.02. The molecule has 5 nitrogen and oxygen atoms in total. The fraction of sp³-hybridized carbons (Fsp3) is 0.615. The molecule has 18 heavy (non-hydrogen) atoms. The van der Waals surface area contributed by atoms with E-state index in [4.69, 9.17) is 5.11 Å². The van der Waals surface area contributed by atoms with Crippen molar-refractivity contribution in [2.75, 3.05) is 5.32 Å². The van der Waals surface area contributed by atoms with Crippen molar-refractivity contribution in [2.45, 2.75) is 44.1 Å². The van der Waals surface area contributed by atoms with Crippen molar-refractivity contribution in [3.8, 4) is 0 Å². The molecule has 1 aromatic rings. The van der Waals surface area contributed by atoms with Crippen molar-refractivity contribution in [1.82, 2.24) is 10.2 Å². The predicted molar refractivity (Wildman–Crippen MR) is 66.4 cm³/mol. The Bertz CT molecular complexity index is 440. The average Bonchev–Trinajstić information content (AvgIpc) is 2.92. The first-order valence-corrected chi connectivity index (χ1v) is 6.57. The van der Waals surface area contributed by atoms with Crippen molar-refractivity contribution >= 4 is 11.8 Å². The lowest BCUT2D eigenvalue weighted by molar-refractivity contribution is -0.138. The van der Waals surface area contributed by atoms with Gasteiger partial charge in [0.15, 0.2) is 0 Å². The minimum atomic E-state index is -0.733. The first kappa shape index (κ1) is 11.4. The van der Waals surface area contributed by atoms with E-state index in [0.717, 1.165) is 5.69 Å². The summed E-state index contributed by atoms with van der Waals surface area (Å²) >= 11 is 0. The van der Waals surface area contributed by atoms with Crippen LogP contribution >= 0.6 is 0 Å². The Morgan fingerprint density at radius 1 is 1.28 bits per heavy atom. The van der Waals surface area contributed by atoms with Gasteiger partial charge in [0.2, 0.25) is 0 Å². The number of rotatable bonds is 4. The number of nitrogens with one attached hydrogen (secondary N) is 1. The number of carboxylic acids is 1. The Morgan fingerprint density at radius 3 is 2.61 bits per heavy atom. The number of carbonyl (C=O) groups is 1. The Labute approximate surface area is 106 Å². The highest BCUT2D eigenvalue weighted by Gasteiger charge is 2.43. The van der Waals surface area contributed by atoms with Crippen LogP contribution in [-0.4, -0.2) is 27.3 Å². The third-order valence-corrected chi connectivity index (χ3v) is 3.90. The van der Waals surface area contributed by atoms with Gasteiger partial charge < -0.3 is 10.4 Å². The van der Waals surface area contributed by atoms with Gasteiger partial charge in [0.1, 0.15) is 5.82 Å². The smallest absolute Gasteiger partial charge is 0.308 e. The summed E-state index contributed by atoms with van der Waals surface area (Å²) in [5.41, 5.74) is 1.07. The Balaban J connectivity index is 1.59. The quantitative estimate of drug-likeness (QED) is 0.851. The average molecular weight is 247 g/mol. The molecule has 2 unspecified atom stereocenters. The largest absolute Gasteiger partial charge is 0.481 e. The Hall–Kier alpha value is -1.65. The fourth-order valence-electron chi connectivity index (χ4n) is 2.68. The summed E-state index contributed by atoms with van der Waals surface area (Å²) in [6.07, 6.45) is 5.68. The van der Waals surface area contributed by atoms with Crippen LogP contribution in [0.15, 0.2) is 12.1 Å². The Morgan fingerprint density at radius 2 is 2.06 bits per heavy atom. The van der Waals surface area contributed by atoms with Gasteiger partial charge in [-0.1, -0.05) is 12.8 Å². The van der Waals surface area contributed by atoms with E-state index in [-0.39, 0.29) is 12.0 Å². The first-order chi connectivity index (χ1) is 8.74. The van der Waals surface area contributed by atoms with E-state index in [1.807, 2.05) is 12.1 Å². The summed E-state index contributed by atoms with van der Waals surface area (Å²) in [5.74, 6) is 0.258. The number of hydrogen-bond donors (Lipinski definition) is 2. The highest BCUT2D eigenvalue weighted by Crippen LogP contribution is 2.34. The molecule has 0 amide bonds. The molecular formula is C13H17N3O2. The van der Waals surface area contributed by atoms with Gasteiger partial charge in [-0.25, -0.2) is 0 Å². The van der Waals surface area contributed by atoms with Gasteiger partial charge >= 0.3 is 5.97 Å². The number of aromatic nitrogens is 2. The maximum atomic E-state index is 10.7. The molecule has 2 fully saturated rings. The van der Waals surface area contributed by atoms with Crippen LogP contribution in [0.3, 0.4) is 0 Å². The molecule has 0 radical (unpaired) electrons. The number of nitrogens with zero attached hydrogens (tertiary/aromatic N) is 2. The van der Waals surface area contributed by atoms with Crippen molar-refractivity contribution < 1.29 is 9.90 Å². The van der Waals surface area contributed by atoms with Crippen molar-refractivity contribution in [1.29, 1.82) is 0 Å². The zero-order valence-electron chi connectivity index (χ0n) is 10.2. The second kappa shape index (κ2) is 4.55. The summed E-state index contributed by atoms with van der Waals surface area (Å²) in [4.78, 5) is 10.7. The van der Waals surface area contributed by atoms with Gasteiger partial charge in [0, 0.05) is 12.0 Å². The van der Waals surface area contributed by atoms with Crippen LogP contribution < -0.4 is 5.32 Å². The number of aliphatic carboxylic acids is 1. The van der Waals surface area contributed by atoms with Gasteiger partial charge in [-0.2, -0.15) is 5.10 Å². The van der Waals surface area contributed by atoms with Crippen LogP contribution in [0.1, 0.15) is 43.7 Å². The van der Waals surface area contributed by atoms with E-state index >= 15 is 0 Å². The highest BCUT2D eigenvalue weighted by atomic mass is 16.4. The SMILES string of the molecule is O=C(O)C1CC1Nc1ccc(C2CCCC2)nn1. The van der Waals surface area contributed by atoms with Crippen LogP contribution in [0.4, 0.5) is 5.82 Å². The lowest BCUT2D eigenvalue weighted by Crippen LogP contribution is -2.12. The molecular weight excluding hydrogens is 230 g/mol. The molecule has 5 heteroatoms. The van der Waals surface area contributed by atoms with E-state index in [2.05, 4.69) is 15.5 Å². The Kier molecular flexibility index (Phi) is 2.89. The first-order valence-electron chi connectivity index (χ1n) is 6.57. The standard InChI is InChI=1S/C13H17N3O2/c17-13(18)9-7-11(9)14-12-6-5-10(15-16-12)8-3-1-2-4-8/h5-6,8-9,11H,1-4,7H2,(H,14,16)(H,17,18). The molecule has 1 heterocycles. The second-order valence-electron chi connectivity index (χ2n) is 5.26. The third kappa shape index (κ3) is 2.30. The molecule has 0 aliphatic heterocycles. The normalized spacial score (nSPS) is 27.1. The monoisotopic (exact) mass is 247 g/mol. The minimum Gasteiger partial charge on any atom is -0.481 e. The van der Waals surface area contributed by atoms with E-state index in [9.17, 15) is 4.79 Å². The molecule has 3 rings (SSSR count). The molecule has 2 N–H and O–H groups in total. The second-order valence-corrected chi connectivity index (χ2v) is 5.26. The van der Waals surface area contributed by atoms with Crippen LogP contribution in [-0.2, 0) is 4.79 Å². The van der Waals surface area contributed by atoms with Gasteiger partial charge in [-0.15, -0.1) is 5.10 Å². The summed E-state index contributed by atoms with van der Waals surface area (Å²) in [7, 11) is 0. The number of anilines is 1. The van der Waals surface area contributed by atoms with Crippen LogP contribution in [0, 0.1) is 5.92 Å². The molecule has 0 saturated heterocycles. The van der Waals surface area contributed by atoms with E-state index < -0.39 is 5.97 Å². The van der Waals surface area contributed by atoms with E-state index in [1.54, 1.807) is 0 Å². The van der Waals surface area contributed by atoms with Gasteiger partial charge in [0.25, 0.3) is 0 Å². The third-order valence-electron chi connectivity index (χ3n) is 3.90. The van der Waals surface area contributed by atoms with Gasteiger partial charge in [-0.05, 0) is 31.4 Å². The topological polar surface area (TPSA) is 75.1 Å². The number of carboxylic acid groups (broad SMARTS) is 1. The van der Waals surface area contributed by atoms with Crippen LogP contribution in [0.5, 0.6) is 0 Å². The lowest BCUT2D eigenvalue weighted by Gasteiger charge is -2.08. The van der Waals surface area contributed by atoms with Crippen molar-refractivity contribution in [2.24, 2.45) is 5.92 Å². The summed E-state index contributed by atoms with van der Waals surface area (Å²) in [6, 6.07) is 3.95. The molecule has 2 saturated carbocycles. The van der Waals surface area contributed by atoms with Gasteiger partial charge in [-0.3, -0.25) is 4.79 Å². The maximum Gasteiger partial charge on any atom is 0.308 e. The van der Waals surface area contributed by atoms with Gasteiger partial charge in [0.05, 0.1) is 11.6 Å². The summed E-state index contributed by atoms with van der Waals surface area (Å²) in [6.45, 7) is 0. The van der Waals surface area contributed by atoms with E-state index in [1.165, 1.54) is 25.7 Å². The molecule has 0 aromatic carbocycles. The highest BCUT2D eigenvalue weighted by molar-refractivity contribution is 5.75. The zero-order chi connectivity index (χ0) is 12.5. The lowest BCUT2D eigenvalue weighted by atomic mass is 10.0.